The Morgan fingerprint density at radius 1 is 1.46 bits per heavy atom. The maximum Gasteiger partial charge on any atom is 0.328 e. The van der Waals surface area contributed by atoms with E-state index in [1.54, 1.807) is 13.0 Å². The number of nitriles is 1. The number of carbonyl (C=O) groups excluding carboxylic acids is 3. The molecule has 4 rings (SSSR count). The molecule has 0 aromatic carbocycles. The Kier molecular flexibility index (Phi) is 7.04. The SMILES string of the molecule is [2H][C@@H]1Cc2cc(CN3CCOCC3=O)c(C=O)nc2N(C(=O)Nc2cc(OC(C)COC)c(C#N)cn2)C1([2H])[2H]. The molecule has 1 saturated heterocycles. The van der Waals surface area contributed by atoms with Gasteiger partial charge in [-0.25, -0.2) is 14.8 Å². The molecule has 2 atom stereocenters. The maximum absolute atomic E-state index is 13.5. The van der Waals surface area contributed by atoms with Gasteiger partial charge in [0.2, 0.25) is 5.91 Å². The Balaban J connectivity index is 1.66. The summed E-state index contributed by atoms with van der Waals surface area (Å²) in [5, 5.41) is 11.9. The third-order valence-electron chi connectivity index (χ3n) is 5.66. The van der Waals surface area contributed by atoms with E-state index in [4.69, 9.17) is 18.3 Å². The van der Waals surface area contributed by atoms with Crippen molar-refractivity contribution in [1.82, 2.24) is 14.9 Å². The van der Waals surface area contributed by atoms with Crippen LogP contribution in [-0.4, -0.2) is 79.2 Å². The second-order valence-corrected chi connectivity index (χ2v) is 8.37. The molecule has 2 aliphatic heterocycles. The first kappa shape index (κ1) is 22.1. The van der Waals surface area contributed by atoms with Gasteiger partial charge in [-0.05, 0) is 31.4 Å². The molecule has 12 heteroatoms. The highest BCUT2D eigenvalue weighted by atomic mass is 16.5. The number of carbonyl (C=O) groups is 3. The minimum atomic E-state index is -2.50. The first-order chi connectivity index (χ1) is 19.1. The molecule has 1 N–H and O–H groups in total. The molecule has 3 amide bonds. The molecule has 4 heterocycles. The zero-order valence-corrected chi connectivity index (χ0v) is 20.4. The van der Waals surface area contributed by atoms with Gasteiger partial charge in [-0.2, -0.15) is 5.26 Å². The number of nitrogens with zero attached hydrogens (tertiary/aromatic N) is 5. The number of methoxy groups -OCH3 is 1. The summed E-state index contributed by atoms with van der Waals surface area (Å²) in [6, 6.07) is 3.87. The van der Waals surface area contributed by atoms with Crippen molar-refractivity contribution in [3.05, 3.63) is 40.7 Å². The summed E-state index contributed by atoms with van der Waals surface area (Å²) in [4.78, 5) is 48.2. The molecule has 194 valence electrons. The van der Waals surface area contributed by atoms with Crippen LogP contribution in [0, 0.1) is 11.3 Å². The van der Waals surface area contributed by atoms with E-state index < -0.39 is 25.0 Å². The molecule has 0 aliphatic carbocycles. The van der Waals surface area contributed by atoms with Crippen LogP contribution in [0.3, 0.4) is 0 Å². The molecular formula is C25H28N6O6. The summed E-state index contributed by atoms with van der Waals surface area (Å²) in [6.07, 6.45) is -0.185. The molecule has 2 aromatic rings. The number of ether oxygens (including phenoxy) is 3. The van der Waals surface area contributed by atoms with Crippen molar-refractivity contribution in [1.29, 1.82) is 5.26 Å². The van der Waals surface area contributed by atoms with Crippen LogP contribution < -0.4 is 15.0 Å². The predicted octanol–water partition coefficient (Wildman–Crippen LogP) is 1.92. The highest BCUT2D eigenvalue weighted by Crippen LogP contribution is 2.29. The number of aldehydes is 1. The van der Waals surface area contributed by atoms with Gasteiger partial charge in [0.1, 0.15) is 47.4 Å². The molecular weight excluding hydrogens is 480 g/mol. The molecule has 37 heavy (non-hydrogen) atoms. The number of aryl methyl sites for hydroxylation is 1. The van der Waals surface area contributed by atoms with Crippen LogP contribution >= 0.6 is 0 Å². The number of hydrogen-bond donors (Lipinski definition) is 1. The first-order valence-electron chi connectivity index (χ1n) is 13.1. The zero-order valence-electron chi connectivity index (χ0n) is 23.4. The van der Waals surface area contributed by atoms with Gasteiger partial charge in [-0.15, -0.1) is 0 Å². The first-order valence-corrected chi connectivity index (χ1v) is 11.5. The third kappa shape index (κ3) is 6.02. The van der Waals surface area contributed by atoms with Gasteiger partial charge >= 0.3 is 6.03 Å². The normalized spacial score (nSPS) is 20.5. The summed E-state index contributed by atoms with van der Waals surface area (Å²) < 4.78 is 41.4. The third-order valence-corrected chi connectivity index (χ3v) is 5.66. The van der Waals surface area contributed by atoms with Crippen molar-refractivity contribution >= 4 is 29.9 Å². The lowest BCUT2D eigenvalue weighted by Gasteiger charge is -2.30. The number of hydrogen-bond acceptors (Lipinski definition) is 9. The van der Waals surface area contributed by atoms with E-state index in [0.717, 1.165) is 0 Å². The van der Waals surface area contributed by atoms with Crippen LogP contribution in [0.1, 0.15) is 44.6 Å². The molecule has 1 fully saturated rings. The molecule has 0 spiro atoms. The second kappa shape index (κ2) is 11.8. The van der Waals surface area contributed by atoms with E-state index in [0.29, 0.717) is 35.5 Å². The van der Waals surface area contributed by atoms with E-state index in [9.17, 15) is 19.6 Å². The molecule has 1 unspecified atom stereocenters. The minimum absolute atomic E-state index is 0.0360. The largest absolute Gasteiger partial charge is 0.487 e. The Morgan fingerprint density at radius 2 is 2.30 bits per heavy atom. The number of amides is 3. The summed E-state index contributed by atoms with van der Waals surface area (Å²) in [5.41, 5.74) is 0.848. The van der Waals surface area contributed by atoms with E-state index in [2.05, 4.69) is 15.3 Å². The molecule has 0 saturated carbocycles. The van der Waals surface area contributed by atoms with Crippen molar-refractivity contribution < 1.29 is 32.7 Å². The molecule has 2 aromatic heterocycles. The van der Waals surface area contributed by atoms with Crippen LogP contribution in [0.5, 0.6) is 5.75 Å². The van der Waals surface area contributed by atoms with Gasteiger partial charge in [-0.3, -0.25) is 19.8 Å². The fourth-order valence-corrected chi connectivity index (χ4v) is 3.90. The number of rotatable bonds is 8. The Labute approximate surface area is 218 Å². The number of anilines is 2. The van der Waals surface area contributed by atoms with Crippen molar-refractivity contribution in [3.8, 4) is 11.8 Å². The Hall–Kier alpha value is -4.08. The monoisotopic (exact) mass is 511 g/mol. The maximum atomic E-state index is 13.5. The van der Waals surface area contributed by atoms with Crippen LogP contribution in [0.25, 0.3) is 0 Å². The number of pyridine rings is 2. The van der Waals surface area contributed by atoms with Crippen molar-refractivity contribution in [2.45, 2.75) is 32.4 Å². The summed E-state index contributed by atoms with van der Waals surface area (Å²) in [6.45, 7) is 0.181. The number of urea groups is 1. The molecule has 2 aliphatic rings. The van der Waals surface area contributed by atoms with Crippen LogP contribution in [-0.2, 0) is 27.2 Å². The highest BCUT2D eigenvalue weighted by molar-refractivity contribution is 6.01. The summed E-state index contributed by atoms with van der Waals surface area (Å²) in [7, 11) is 1.50. The molecule has 0 radical (unpaired) electrons. The van der Waals surface area contributed by atoms with E-state index in [-0.39, 0.29) is 60.7 Å². The van der Waals surface area contributed by atoms with Crippen molar-refractivity contribution in [2.24, 2.45) is 0 Å². The van der Waals surface area contributed by atoms with Crippen LogP contribution in [0.4, 0.5) is 16.4 Å². The smallest absolute Gasteiger partial charge is 0.328 e. The average molecular weight is 512 g/mol. The lowest BCUT2D eigenvalue weighted by atomic mass is 10.0. The number of nitrogens with one attached hydrogen (secondary N) is 1. The van der Waals surface area contributed by atoms with Crippen LogP contribution in [0.15, 0.2) is 18.3 Å². The fourth-order valence-electron chi connectivity index (χ4n) is 3.90. The lowest BCUT2D eigenvalue weighted by molar-refractivity contribution is -0.143. The summed E-state index contributed by atoms with van der Waals surface area (Å²) in [5.74, 6) is -0.261. The highest BCUT2D eigenvalue weighted by Gasteiger charge is 2.28. The van der Waals surface area contributed by atoms with Crippen LogP contribution in [0.2, 0.25) is 0 Å². The van der Waals surface area contributed by atoms with E-state index in [1.807, 2.05) is 6.07 Å². The fraction of sp³-hybridized carbons (Fsp3) is 0.440. The number of fused-ring (bicyclic) bond motifs is 1. The topological polar surface area (TPSA) is 147 Å². The lowest BCUT2D eigenvalue weighted by Crippen LogP contribution is -2.42. The molecule has 12 nitrogen and oxygen atoms in total. The van der Waals surface area contributed by atoms with Crippen molar-refractivity contribution in [3.63, 3.8) is 0 Å². The zero-order chi connectivity index (χ0) is 29.0. The van der Waals surface area contributed by atoms with Gasteiger partial charge in [0.25, 0.3) is 0 Å². The summed E-state index contributed by atoms with van der Waals surface area (Å²) >= 11 is 0. The Bertz CT molecular complexity index is 1350. The average Bonchev–Trinajstić information content (AvgIpc) is 2.90. The quantitative estimate of drug-likeness (QED) is 0.525. The van der Waals surface area contributed by atoms with Gasteiger partial charge in [0.05, 0.1) is 19.4 Å². The van der Waals surface area contributed by atoms with E-state index in [1.165, 1.54) is 24.3 Å². The number of aromatic nitrogens is 2. The minimum Gasteiger partial charge on any atom is -0.487 e. The number of morpholine rings is 1. The second-order valence-electron chi connectivity index (χ2n) is 8.37. The van der Waals surface area contributed by atoms with Gasteiger partial charge < -0.3 is 19.1 Å². The van der Waals surface area contributed by atoms with Gasteiger partial charge in [-0.1, -0.05) is 0 Å². The predicted molar refractivity (Wildman–Crippen MR) is 131 cm³/mol. The van der Waals surface area contributed by atoms with Gasteiger partial charge in [0, 0.05) is 42.4 Å². The van der Waals surface area contributed by atoms with Gasteiger partial charge in [0.15, 0.2) is 6.29 Å². The standard InChI is InChI=1S/C25H28N6O6/c1-16(14-35-2)37-21-9-22(27-11-19(21)10-26)29-25(34)31-5-3-4-17-8-18(20(13-32)28-24(17)31)12-30-6-7-36-15-23(30)33/h8-9,11,13,16H,3-7,12,14-15H2,1-2H3,(H,27,29,34)/i3D,5D2/t3-,16?/m1/s1. The van der Waals surface area contributed by atoms with Crippen molar-refractivity contribution in [2.75, 3.05) is 50.2 Å². The Morgan fingerprint density at radius 3 is 3.03 bits per heavy atom. The van der Waals surface area contributed by atoms with E-state index >= 15 is 0 Å². The molecule has 0 bridgehead atoms.